The first-order valence-electron chi connectivity index (χ1n) is 11.1. The third-order valence-corrected chi connectivity index (χ3v) is 7.49. The Bertz CT molecular complexity index is 1440. The Morgan fingerprint density at radius 3 is 2.34 bits per heavy atom. The topological polar surface area (TPSA) is 115 Å². The summed E-state index contributed by atoms with van der Waals surface area (Å²) in [6, 6.07) is 20.0. The van der Waals surface area contributed by atoms with E-state index in [4.69, 9.17) is 0 Å². The second kappa shape index (κ2) is 9.63. The second-order valence-corrected chi connectivity index (χ2v) is 9.99. The molecule has 0 radical (unpaired) electrons. The Kier molecular flexibility index (Phi) is 6.61. The molecule has 3 aromatic carbocycles. The molecule has 3 N–H and O–H groups in total. The third-order valence-electron chi connectivity index (χ3n) is 5.57. The number of anilines is 2. The van der Waals surface area contributed by atoms with Crippen LogP contribution < -0.4 is 9.62 Å². The van der Waals surface area contributed by atoms with Crippen LogP contribution in [0.4, 0.5) is 11.4 Å². The van der Waals surface area contributed by atoms with Crippen LogP contribution in [0.5, 0.6) is 5.75 Å². The number of aryl methyl sites for hydroxylation is 2. The Hall–Kier alpha value is -4.11. The highest BCUT2D eigenvalue weighted by molar-refractivity contribution is 7.92. The molecule has 0 bridgehead atoms. The zero-order valence-corrected chi connectivity index (χ0v) is 20.4. The average Bonchev–Trinajstić information content (AvgIpc) is 3.30. The molecule has 35 heavy (non-hydrogen) atoms. The number of nitrogens with zero attached hydrogens (tertiary/aromatic N) is 2. The highest BCUT2D eigenvalue weighted by atomic mass is 32.2. The maximum atomic E-state index is 13.1. The summed E-state index contributed by atoms with van der Waals surface area (Å²) >= 11 is 0. The van der Waals surface area contributed by atoms with Gasteiger partial charge in [0.2, 0.25) is 0 Å². The lowest BCUT2D eigenvalue weighted by atomic mass is 10.0. The summed E-state index contributed by atoms with van der Waals surface area (Å²) in [5.74, 6) is -0.350. The molecule has 0 aliphatic heterocycles. The van der Waals surface area contributed by atoms with Gasteiger partial charge in [-0.3, -0.25) is 14.2 Å². The van der Waals surface area contributed by atoms with E-state index < -0.39 is 15.9 Å². The van der Waals surface area contributed by atoms with E-state index in [0.29, 0.717) is 22.6 Å². The monoisotopic (exact) mass is 490 g/mol. The molecular formula is C26H26N4O4S. The fourth-order valence-corrected chi connectivity index (χ4v) is 5.44. The number of rotatable bonds is 7. The molecule has 0 unspecified atom stereocenters. The van der Waals surface area contributed by atoms with Crippen molar-refractivity contribution in [2.45, 2.75) is 25.7 Å². The van der Waals surface area contributed by atoms with Gasteiger partial charge in [0.25, 0.3) is 15.9 Å². The molecule has 0 aliphatic rings. The van der Waals surface area contributed by atoms with Crippen molar-refractivity contribution < 1.29 is 18.3 Å². The molecule has 1 aromatic heterocycles. The summed E-state index contributed by atoms with van der Waals surface area (Å²) in [5, 5.41) is 19.9. The number of nitrogens with one attached hydrogen (secondary N) is 2. The number of carbonyl (C=O) groups excluding carboxylic acids is 1. The Morgan fingerprint density at radius 1 is 1.03 bits per heavy atom. The number of phenols is 1. The van der Waals surface area contributed by atoms with Crippen molar-refractivity contribution in [1.29, 1.82) is 0 Å². The van der Waals surface area contributed by atoms with Gasteiger partial charge in [-0.2, -0.15) is 5.10 Å². The minimum absolute atomic E-state index is 0.0920. The molecule has 8 nitrogen and oxygen atoms in total. The number of sulfonamides is 1. The van der Waals surface area contributed by atoms with Gasteiger partial charge in [0.05, 0.1) is 16.3 Å². The normalized spacial score (nSPS) is 11.3. The number of amides is 1. The van der Waals surface area contributed by atoms with Crippen LogP contribution in [0.2, 0.25) is 0 Å². The molecule has 1 heterocycles. The van der Waals surface area contributed by atoms with Gasteiger partial charge >= 0.3 is 0 Å². The van der Waals surface area contributed by atoms with E-state index in [1.54, 1.807) is 43.3 Å². The first kappa shape index (κ1) is 24.0. The number of aromatic amines is 1. The molecule has 0 spiro atoms. The molecule has 4 aromatic rings. The zero-order valence-electron chi connectivity index (χ0n) is 19.6. The summed E-state index contributed by atoms with van der Waals surface area (Å²) < 4.78 is 27.6. The van der Waals surface area contributed by atoms with Crippen LogP contribution in [0, 0.1) is 13.8 Å². The van der Waals surface area contributed by atoms with Crippen molar-refractivity contribution in [2.75, 3.05) is 16.2 Å². The Morgan fingerprint density at radius 2 is 1.71 bits per heavy atom. The minimum atomic E-state index is -3.76. The Labute approximate surface area is 204 Å². The molecular weight excluding hydrogens is 464 g/mol. The molecule has 0 saturated carbocycles. The van der Waals surface area contributed by atoms with Crippen molar-refractivity contribution in [3.05, 3.63) is 89.6 Å². The van der Waals surface area contributed by atoms with Crippen LogP contribution >= 0.6 is 0 Å². The van der Waals surface area contributed by atoms with Crippen LogP contribution in [0.3, 0.4) is 0 Å². The van der Waals surface area contributed by atoms with Crippen molar-refractivity contribution in [3.8, 4) is 17.0 Å². The van der Waals surface area contributed by atoms with Gasteiger partial charge in [-0.15, -0.1) is 0 Å². The first-order valence-corrected chi connectivity index (χ1v) is 12.5. The van der Waals surface area contributed by atoms with Crippen molar-refractivity contribution >= 4 is 27.3 Å². The average molecular weight is 491 g/mol. The Balaban J connectivity index is 1.51. The largest absolute Gasteiger partial charge is 0.507 e. The van der Waals surface area contributed by atoms with E-state index in [9.17, 15) is 18.3 Å². The van der Waals surface area contributed by atoms with Gasteiger partial charge in [0, 0.05) is 17.8 Å². The summed E-state index contributed by atoms with van der Waals surface area (Å²) in [5.41, 5.74) is 3.99. The quantitative estimate of drug-likeness (QED) is 0.342. The van der Waals surface area contributed by atoms with Gasteiger partial charge in [0.15, 0.2) is 0 Å². The summed E-state index contributed by atoms with van der Waals surface area (Å²) in [7, 11) is -3.76. The number of carbonyl (C=O) groups is 1. The summed E-state index contributed by atoms with van der Waals surface area (Å²) in [6.45, 7) is 5.81. The molecule has 4 rings (SSSR count). The van der Waals surface area contributed by atoms with Crippen molar-refractivity contribution in [2.24, 2.45) is 0 Å². The number of hydrogen-bond acceptors (Lipinski definition) is 5. The molecule has 0 atom stereocenters. The summed E-state index contributed by atoms with van der Waals surface area (Å²) in [6.07, 6.45) is 0. The highest BCUT2D eigenvalue weighted by Gasteiger charge is 2.23. The van der Waals surface area contributed by atoms with Gasteiger partial charge in [0.1, 0.15) is 11.4 Å². The van der Waals surface area contributed by atoms with Gasteiger partial charge in [-0.25, -0.2) is 8.42 Å². The van der Waals surface area contributed by atoms with Crippen molar-refractivity contribution in [1.82, 2.24) is 10.2 Å². The number of H-pyrrole nitrogens is 1. The van der Waals surface area contributed by atoms with E-state index in [1.807, 2.05) is 26.0 Å². The van der Waals surface area contributed by atoms with Crippen LogP contribution in [0.1, 0.15) is 28.5 Å². The standard InChI is InChI=1S/C26H26N4O4S/c1-4-30(20-8-6-5-7-9-20)35(33,34)21-12-10-19(11-13-21)27-26(32)23-16-22(28-29-23)25-18(3)14-17(2)15-24(25)31/h5-16,31H,4H2,1-3H3,(H,27,32)(H,28,29). The molecule has 180 valence electrons. The molecule has 0 saturated heterocycles. The third kappa shape index (κ3) is 4.90. The van der Waals surface area contributed by atoms with E-state index in [1.165, 1.54) is 28.6 Å². The van der Waals surface area contributed by atoms with Gasteiger partial charge in [-0.05, 0) is 80.4 Å². The van der Waals surface area contributed by atoms with E-state index in [0.717, 1.165) is 11.1 Å². The lowest BCUT2D eigenvalue weighted by molar-refractivity contribution is 0.102. The maximum absolute atomic E-state index is 13.1. The van der Waals surface area contributed by atoms with Crippen LogP contribution in [0.15, 0.2) is 77.7 Å². The smallest absolute Gasteiger partial charge is 0.273 e. The molecule has 9 heteroatoms. The van der Waals surface area contributed by atoms with E-state index in [-0.39, 0.29) is 22.9 Å². The van der Waals surface area contributed by atoms with Gasteiger partial charge < -0.3 is 10.4 Å². The maximum Gasteiger partial charge on any atom is 0.273 e. The fraction of sp³-hybridized carbons (Fsp3) is 0.154. The van der Waals surface area contributed by atoms with Crippen LogP contribution in [0.25, 0.3) is 11.3 Å². The van der Waals surface area contributed by atoms with Crippen molar-refractivity contribution in [3.63, 3.8) is 0 Å². The summed E-state index contributed by atoms with van der Waals surface area (Å²) in [4.78, 5) is 12.9. The first-order chi connectivity index (χ1) is 16.7. The number of aromatic nitrogens is 2. The van der Waals surface area contributed by atoms with Gasteiger partial charge in [-0.1, -0.05) is 24.3 Å². The van der Waals surface area contributed by atoms with E-state index in [2.05, 4.69) is 15.5 Å². The number of hydrogen-bond donors (Lipinski definition) is 3. The van der Waals surface area contributed by atoms with Crippen LogP contribution in [-0.4, -0.2) is 36.2 Å². The molecule has 0 fully saturated rings. The highest BCUT2D eigenvalue weighted by Crippen LogP contribution is 2.32. The van der Waals surface area contributed by atoms with Crippen LogP contribution in [-0.2, 0) is 10.0 Å². The predicted molar refractivity (Wildman–Crippen MR) is 136 cm³/mol. The predicted octanol–water partition coefficient (Wildman–Crippen LogP) is 4.87. The second-order valence-electron chi connectivity index (χ2n) is 8.13. The SMILES string of the molecule is CCN(c1ccccc1)S(=O)(=O)c1ccc(NC(=O)c2cc(-c3c(C)cc(C)cc3O)n[nH]2)cc1. The fourth-order valence-electron chi connectivity index (χ4n) is 3.97. The molecule has 0 aliphatic carbocycles. The minimum Gasteiger partial charge on any atom is -0.507 e. The number of phenolic OH excluding ortho intramolecular Hbond substituents is 1. The molecule has 1 amide bonds. The lowest BCUT2D eigenvalue weighted by Gasteiger charge is -2.23. The number of para-hydroxylation sites is 1. The zero-order chi connectivity index (χ0) is 25.2. The lowest BCUT2D eigenvalue weighted by Crippen LogP contribution is -2.30. The van der Waals surface area contributed by atoms with E-state index >= 15 is 0 Å². The number of aromatic hydroxyl groups is 1. The number of benzene rings is 3.